The highest BCUT2D eigenvalue weighted by molar-refractivity contribution is 6.31. The molecule has 4 heteroatoms. The first kappa shape index (κ1) is 18.6. The largest absolute Gasteiger partial charge is 0.493 e. The molecule has 3 nitrogen and oxygen atoms in total. The van der Waals surface area contributed by atoms with Gasteiger partial charge in [-0.05, 0) is 36.6 Å². The molecule has 2 rings (SSSR count). The monoisotopic (exact) mass is 347 g/mol. The first-order valence-corrected chi connectivity index (χ1v) is 8.63. The Bertz CT molecular complexity index is 653. The van der Waals surface area contributed by atoms with Crippen LogP contribution in [0, 0.1) is 12.8 Å². The molecule has 0 aliphatic carbocycles. The van der Waals surface area contributed by atoms with Gasteiger partial charge in [-0.2, -0.15) is 0 Å². The molecule has 0 fully saturated rings. The lowest BCUT2D eigenvalue weighted by molar-refractivity contribution is 0.284. The number of nitrogens with one attached hydrogen (secondary N) is 1. The van der Waals surface area contributed by atoms with E-state index in [0.717, 1.165) is 17.7 Å². The maximum atomic E-state index is 6.40. The van der Waals surface area contributed by atoms with Crippen molar-refractivity contribution in [2.75, 3.05) is 13.7 Å². The zero-order valence-electron chi connectivity index (χ0n) is 14.9. The van der Waals surface area contributed by atoms with E-state index in [1.54, 1.807) is 7.11 Å². The molecule has 0 radical (unpaired) electrons. The van der Waals surface area contributed by atoms with Gasteiger partial charge in [-0.15, -0.1) is 0 Å². The third-order valence-corrected chi connectivity index (χ3v) is 4.07. The SMILES string of the molecule is COc1cc(CNCC(C)C)c(Cl)cc1OCc1ccc(C)cc1. The van der Waals surface area contributed by atoms with Gasteiger partial charge in [0.2, 0.25) is 0 Å². The molecule has 0 unspecified atom stereocenters. The normalized spacial score (nSPS) is 10.9. The second-order valence-corrected chi connectivity index (χ2v) is 6.80. The second kappa shape index (κ2) is 8.95. The molecule has 0 amide bonds. The summed E-state index contributed by atoms with van der Waals surface area (Å²) in [6.07, 6.45) is 0. The quantitative estimate of drug-likeness (QED) is 0.730. The molecule has 1 N–H and O–H groups in total. The molecule has 0 aromatic heterocycles. The zero-order chi connectivity index (χ0) is 17.5. The fourth-order valence-electron chi connectivity index (χ4n) is 2.33. The molecular formula is C20H26ClNO2. The molecule has 0 saturated heterocycles. The van der Waals surface area contributed by atoms with E-state index in [-0.39, 0.29) is 0 Å². The van der Waals surface area contributed by atoms with Crippen LogP contribution in [0.15, 0.2) is 36.4 Å². The van der Waals surface area contributed by atoms with Crippen LogP contribution in [0.3, 0.4) is 0 Å². The molecule has 0 aliphatic heterocycles. The third-order valence-electron chi connectivity index (χ3n) is 3.72. The Morgan fingerprint density at radius 3 is 2.42 bits per heavy atom. The smallest absolute Gasteiger partial charge is 0.163 e. The minimum atomic E-state index is 0.484. The lowest BCUT2D eigenvalue weighted by Crippen LogP contribution is -2.19. The fourth-order valence-corrected chi connectivity index (χ4v) is 2.55. The summed E-state index contributed by atoms with van der Waals surface area (Å²) in [5.74, 6) is 1.96. The van der Waals surface area contributed by atoms with E-state index < -0.39 is 0 Å². The van der Waals surface area contributed by atoms with Gasteiger partial charge < -0.3 is 14.8 Å². The number of benzene rings is 2. The number of halogens is 1. The summed E-state index contributed by atoms with van der Waals surface area (Å²) >= 11 is 6.40. The van der Waals surface area contributed by atoms with Crippen LogP contribution in [0.25, 0.3) is 0 Å². The van der Waals surface area contributed by atoms with E-state index in [9.17, 15) is 0 Å². The van der Waals surface area contributed by atoms with Gasteiger partial charge in [0, 0.05) is 17.6 Å². The van der Waals surface area contributed by atoms with Crippen molar-refractivity contribution in [3.8, 4) is 11.5 Å². The lowest BCUT2D eigenvalue weighted by Gasteiger charge is -2.15. The Labute approximate surface area is 149 Å². The van der Waals surface area contributed by atoms with Crippen molar-refractivity contribution in [3.63, 3.8) is 0 Å². The summed E-state index contributed by atoms with van der Waals surface area (Å²) in [4.78, 5) is 0. The van der Waals surface area contributed by atoms with Gasteiger partial charge >= 0.3 is 0 Å². The van der Waals surface area contributed by atoms with Crippen LogP contribution in [0.5, 0.6) is 11.5 Å². The highest BCUT2D eigenvalue weighted by Crippen LogP contribution is 2.34. The first-order valence-electron chi connectivity index (χ1n) is 8.25. The zero-order valence-corrected chi connectivity index (χ0v) is 15.6. The van der Waals surface area contributed by atoms with Crippen molar-refractivity contribution in [3.05, 3.63) is 58.1 Å². The fraction of sp³-hybridized carbons (Fsp3) is 0.400. The molecular weight excluding hydrogens is 322 g/mol. The molecule has 0 spiro atoms. The standard InChI is InChI=1S/C20H26ClNO2/c1-14(2)11-22-12-17-9-19(23-4)20(10-18(17)21)24-13-16-7-5-15(3)6-8-16/h5-10,14,22H,11-13H2,1-4H3. The van der Waals surface area contributed by atoms with Crippen molar-refractivity contribution in [2.45, 2.75) is 33.9 Å². The molecule has 0 aliphatic rings. The number of methoxy groups -OCH3 is 1. The third kappa shape index (κ3) is 5.43. The van der Waals surface area contributed by atoms with E-state index in [1.807, 2.05) is 12.1 Å². The molecule has 2 aromatic carbocycles. The van der Waals surface area contributed by atoms with E-state index >= 15 is 0 Å². The first-order chi connectivity index (χ1) is 11.5. The predicted octanol–water partition coefficient (Wildman–Crippen LogP) is 4.98. The van der Waals surface area contributed by atoms with Gasteiger partial charge in [-0.3, -0.25) is 0 Å². The molecule has 0 heterocycles. The van der Waals surface area contributed by atoms with Crippen molar-refractivity contribution < 1.29 is 9.47 Å². The summed E-state index contributed by atoms with van der Waals surface area (Å²) < 4.78 is 11.4. The topological polar surface area (TPSA) is 30.5 Å². The highest BCUT2D eigenvalue weighted by Gasteiger charge is 2.11. The van der Waals surface area contributed by atoms with Crippen LogP contribution < -0.4 is 14.8 Å². The minimum absolute atomic E-state index is 0.484. The average molecular weight is 348 g/mol. The molecule has 24 heavy (non-hydrogen) atoms. The van der Waals surface area contributed by atoms with E-state index in [0.29, 0.717) is 35.6 Å². The molecule has 130 valence electrons. The Kier molecular flexibility index (Phi) is 6.95. The van der Waals surface area contributed by atoms with Crippen LogP contribution >= 0.6 is 11.6 Å². The maximum Gasteiger partial charge on any atom is 0.163 e. The van der Waals surface area contributed by atoms with Gasteiger partial charge in [0.05, 0.1) is 7.11 Å². The number of rotatable bonds is 8. The van der Waals surface area contributed by atoms with Crippen LogP contribution in [0.1, 0.15) is 30.5 Å². The number of aryl methyl sites for hydroxylation is 1. The van der Waals surface area contributed by atoms with E-state index in [2.05, 4.69) is 50.4 Å². The van der Waals surface area contributed by atoms with Crippen LogP contribution in [-0.4, -0.2) is 13.7 Å². The molecule has 0 bridgehead atoms. The summed E-state index contributed by atoms with van der Waals surface area (Å²) in [6.45, 7) is 8.57. The number of hydrogen-bond acceptors (Lipinski definition) is 3. The van der Waals surface area contributed by atoms with Crippen LogP contribution in [0.4, 0.5) is 0 Å². The Morgan fingerprint density at radius 2 is 1.79 bits per heavy atom. The molecule has 0 saturated carbocycles. The summed E-state index contributed by atoms with van der Waals surface area (Å²) in [6, 6.07) is 12.1. The van der Waals surface area contributed by atoms with Gasteiger partial charge in [0.1, 0.15) is 6.61 Å². The molecule has 2 aromatic rings. The maximum absolute atomic E-state index is 6.40. The summed E-state index contributed by atoms with van der Waals surface area (Å²) in [5, 5.41) is 4.08. The Hall–Kier alpha value is -1.71. The van der Waals surface area contributed by atoms with Crippen molar-refractivity contribution in [2.24, 2.45) is 5.92 Å². The highest BCUT2D eigenvalue weighted by atomic mass is 35.5. The van der Waals surface area contributed by atoms with Crippen molar-refractivity contribution in [1.29, 1.82) is 0 Å². The van der Waals surface area contributed by atoms with Crippen molar-refractivity contribution in [1.82, 2.24) is 5.32 Å². The van der Waals surface area contributed by atoms with Crippen molar-refractivity contribution >= 4 is 11.6 Å². The Balaban J connectivity index is 2.06. The van der Waals surface area contributed by atoms with Crippen LogP contribution in [0.2, 0.25) is 5.02 Å². The van der Waals surface area contributed by atoms with Gasteiger partial charge in [0.15, 0.2) is 11.5 Å². The lowest BCUT2D eigenvalue weighted by atomic mass is 10.1. The number of hydrogen-bond donors (Lipinski definition) is 1. The van der Waals surface area contributed by atoms with E-state index in [1.165, 1.54) is 5.56 Å². The average Bonchev–Trinajstić information content (AvgIpc) is 2.55. The minimum Gasteiger partial charge on any atom is -0.493 e. The van der Waals surface area contributed by atoms with Gasteiger partial charge in [-0.25, -0.2) is 0 Å². The van der Waals surface area contributed by atoms with Crippen LogP contribution in [-0.2, 0) is 13.2 Å². The Morgan fingerprint density at radius 1 is 1.08 bits per heavy atom. The predicted molar refractivity (Wildman–Crippen MR) is 100 cm³/mol. The van der Waals surface area contributed by atoms with Gasteiger partial charge in [-0.1, -0.05) is 55.3 Å². The summed E-state index contributed by atoms with van der Waals surface area (Å²) in [5.41, 5.74) is 3.36. The summed E-state index contributed by atoms with van der Waals surface area (Å²) in [7, 11) is 1.65. The van der Waals surface area contributed by atoms with E-state index in [4.69, 9.17) is 21.1 Å². The second-order valence-electron chi connectivity index (χ2n) is 6.39. The van der Waals surface area contributed by atoms with Gasteiger partial charge in [0.25, 0.3) is 0 Å². The molecule has 0 atom stereocenters. The number of ether oxygens (including phenoxy) is 2.